The largest absolute Gasteiger partial charge is 0.465 e. The molecule has 5 nitrogen and oxygen atoms in total. The van der Waals surface area contributed by atoms with Crippen molar-refractivity contribution in [1.29, 1.82) is 0 Å². The highest BCUT2D eigenvalue weighted by molar-refractivity contribution is 5.85. The number of nitrogens with two attached hydrogens (primary N) is 1. The number of carbonyl (C=O) groups is 2. The minimum atomic E-state index is -0.641. The van der Waals surface area contributed by atoms with Crippen LogP contribution in [-0.4, -0.2) is 36.0 Å². The molecule has 1 atom stereocenters. The number of nitrogens with zero attached hydrogens (tertiary/aromatic N) is 1. The molecule has 0 radical (unpaired) electrons. The van der Waals surface area contributed by atoms with Crippen molar-refractivity contribution in [3.8, 4) is 0 Å². The second-order valence-electron chi connectivity index (χ2n) is 4.27. The molecule has 6 heteroatoms. The summed E-state index contributed by atoms with van der Waals surface area (Å²) >= 11 is 0. The number of rotatable bonds is 6. The quantitative estimate of drug-likeness (QED) is 0.805. The summed E-state index contributed by atoms with van der Waals surface area (Å²) in [6, 6.07) is 8.81. The van der Waals surface area contributed by atoms with Crippen LogP contribution in [0.4, 0.5) is 0 Å². The van der Waals surface area contributed by atoms with Gasteiger partial charge < -0.3 is 15.4 Å². The van der Waals surface area contributed by atoms with Crippen molar-refractivity contribution in [2.24, 2.45) is 5.73 Å². The smallest absolute Gasteiger partial charge is 0.325 e. The minimum Gasteiger partial charge on any atom is -0.465 e. The zero-order valence-electron chi connectivity index (χ0n) is 11.7. The molecule has 0 heterocycles. The van der Waals surface area contributed by atoms with Gasteiger partial charge in [-0.1, -0.05) is 30.3 Å². The first-order valence-electron chi connectivity index (χ1n) is 6.28. The van der Waals surface area contributed by atoms with E-state index in [2.05, 4.69) is 0 Å². The zero-order valence-corrected chi connectivity index (χ0v) is 12.6. The molecule has 1 aromatic carbocycles. The Morgan fingerprint density at radius 1 is 1.30 bits per heavy atom. The summed E-state index contributed by atoms with van der Waals surface area (Å²) in [6.07, 6.45) is 0. The highest BCUT2D eigenvalue weighted by atomic mass is 35.5. The molecule has 0 aromatic heterocycles. The number of esters is 1. The summed E-state index contributed by atoms with van der Waals surface area (Å²) in [5.74, 6) is -0.690. The van der Waals surface area contributed by atoms with Gasteiger partial charge in [0, 0.05) is 6.54 Å². The first-order valence-corrected chi connectivity index (χ1v) is 6.28. The van der Waals surface area contributed by atoms with E-state index in [1.807, 2.05) is 30.3 Å². The van der Waals surface area contributed by atoms with Crippen LogP contribution in [0, 0.1) is 0 Å². The molecule has 1 aromatic rings. The summed E-state index contributed by atoms with van der Waals surface area (Å²) in [7, 11) is 0. The fourth-order valence-corrected chi connectivity index (χ4v) is 1.67. The normalized spacial score (nSPS) is 11.2. The molecule has 0 bridgehead atoms. The number of halogens is 1. The first-order chi connectivity index (χ1) is 9.04. The van der Waals surface area contributed by atoms with E-state index in [1.54, 1.807) is 13.8 Å². The van der Waals surface area contributed by atoms with Gasteiger partial charge in [-0.3, -0.25) is 9.59 Å². The van der Waals surface area contributed by atoms with Crippen molar-refractivity contribution in [2.45, 2.75) is 26.4 Å². The Kier molecular flexibility index (Phi) is 8.59. The van der Waals surface area contributed by atoms with Crippen LogP contribution in [0.15, 0.2) is 30.3 Å². The average molecular weight is 301 g/mol. The predicted molar refractivity (Wildman–Crippen MR) is 79.4 cm³/mol. The summed E-state index contributed by atoms with van der Waals surface area (Å²) in [6.45, 7) is 3.89. The Bertz CT molecular complexity index is 424. The van der Waals surface area contributed by atoms with Gasteiger partial charge in [-0.05, 0) is 19.4 Å². The highest BCUT2D eigenvalue weighted by Gasteiger charge is 2.20. The van der Waals surface area contributed by atoms with E-state index in [4.69, 9.17) is 10.5 Å². The van der Waals surface area contributed by atoms with Gasteiger partial charge in [0.2, 0.25) is 5.91 Å². The maximum absolute atomic E-state index is 12.0. The molecule has 112 valence electrons. The van der Waals surface area contributed by atoms with E-state index in [0.717, 1.165) is 5.56 Å². The molecule has 0 saturated carbocycles. The number of amides is 1. The molecule has 0 unspecified atom stereocenters. The molecule has 0 saturated heterocycles. The van der Waals surface area contributed by atoms with Crippen molar-refractivity contribution in [1.82, 2.24) is 4.90 Å². The van der Waals surface area contributed by atoms with Gasteiger partial charge in [0.25, 0.3) is 0 Å². The third-order valence-electron chi connectivity index (χ3n) is 2.54. The molecule has 0 spiro atoms. The van der Waals surface area contributed by atoms with Crippen LogP contribution in [0.5, 0.6) is 0 Å². The molecule has 0 aliphatic rings. The molecular formula is C14H21ClN2O3. The van der Waals surface area contributed by atoms with Crippen molar-refractivity contribution in [2.75, 3.05) is 13.2 Å². The van der Waals surface area contributed by atoms with Gasteiger partial charge in [0.1, 0.15) is 6.54 Å². The predicted octanol–water partition coefficient (Wildman–Crippen LogP) is 1.35. The monoisotopic (exact) mass is 300 g/mol. The maximum atomic E-state index is 12.0. The average Bonchev–Trinajstić information content (AvgIpc) is 2.38. The third-order valence-corrected chi connectivity index (χ3v) is 2.54. The molecule has 2 N–H and O–H groups in total. The van der Waals surface area contributed by atoms with E-state index < -0.39 is 12.0 Å². The first kappa shape index (κ1) is 18.4. The van der Waals surface area contributed by atoms with Gasteiger partial charge in [0.15, 0.2) is 0 Å². The van der Waals surface area contributed by atoms with Crippen molar-refractivity contribution in [3.05, 3.63) is 35.9 Å². The van der Waals surface area contributed by atoms with Gasteiger partial charge in [0.05, 0.1) is 12.6 Å². The van der Waals surface area contributed by atoms with Crippen LogP contribution in [-0.2, 0) is 20.9 Å². The van der Waals surface area contributed by atoms with Crippen LogP contribution < -0.4 is 5.73 Å². The summed E-state index contributed by atoms with van der Waals surface area (Å²) in [5, 5.41) is 0. The topological polar surface area (TPSA) is 72.6 Å². The number of hydrogen-bond donors (Lipinski definition) is 1. The summed E-state index contributed by atoms with van der Waals surface area (Å²) < 4.78 is 4.87. The Balaban J connectivity index is 0.00000361. The van der Waals surface area contributed by atoms with Crippen LogP contribution >= 0.6 is 12.4 Å². The highest BCUT2D eigenvalue weighted by Crippen LogP contribution is 2.06. The molecule has 1 amide bonds. The third kappa shape index (κ3) is 6.04. The van der Waals surface area contributed by atoms with Crippen LogP contribution in [0.3, 0.4) is 0 Å². The summed E-state index contributed by atoms with van der Waals surface area (Å²) in [5.41, 5.74) is 6.54. The second kappa shape index (κ2) is 9.34. The van der Waals surface area contributed by atoms with Crippen LogP contribution in [0.25, 0.3) is 0 Å². The minimum absolute atomic E-state index is 0. The van der Waals surface area contributed by atoms with E-state index in [-0.39, 0.29) is 24.9 Å². The fourth-order valence-electron chi connectivity index (χ4n) is 1.67. The summed E-state index contributed by atoms with van der Waals surface area (Å²) in [4.78, 5) is 24.9. The molecular weight excluding hydrogens is 280 g/mol. The lowest BCUT2D eigenvalue weighted by molar-refractivity contribution is -0.149. The van der Waals surface area contributed by atoms with Gasteiger partial charge in [-0.2, -0.15) is 0 Å². The molecule has 0 aliphatic heterocycles. The molecule has 20 heavy (non-hydrogen) atoms. The SMILES string of the molecule is CCOC(=O)CN(Cc1ccccc1)C(=O)[C@@H](C)N.Cl. The standard InChI is InChI=1S/C14H20N2O3.ClH/c1-3-19-13(17)10-16(14(18)11(2)15)9-12-7-5-4-6-8-12;/h4-8,11H,3,9-10,15H2,1-2H3;1H/t11-;/m1./s1. The lowest BCUT2D eigenvalue weighted by Crippen LogP contribution is -2.44. The van der Waals surface area contributed by atoms with Crippen molar-refractivity contribution >= 4 is 24.3 Å². The Hall–Kier alpha value is -1.59. The van der Waals surface area contributed by atoms with E-state index in [0.29, 0.717) is 13.2 Å². The van der Waals surface area contributed by atoms with Gasteiger partial charge in [-0.15, -0.1) is 12.4 Å². The Morgan fingerprint density at radius 2 is 1.90 bits per heavy atom. The number of benzene rings is 1. The van der Waals surface area contributed by atoms with Crippen LogP contribution in [0.2, 0.25) is 0 Å². The van der Waals surface area contributed by atoms with Crippen molar-refractivity contribution < 1.29 is 14.3 Å². The molecule has 0 fully saturated rings. The molecule has 1 rings (SSSR count). The van der Waals surface area contributed by atoms with Crippen LogP contribution in [0.1, 0.15) is 19.4 Å². The van der Waals surface area contributed by atoms with Gasteiger partial charge in [-0.25, -0.2) is 0 Å². The molecule has 0 aliphatic carbocycles. The van der Waals surface area contributed by atoms with E-state index in [1.165, 1.54) is 4.90 Å². The maximum Gasteiger partial charge on any atom is 0.325 e. The second-order valence-corrected chi connectivity index (χ2v) is 4.27. The fraction of sp³-hybridized carbons (Fsp3) is 0.429. The number of hydrogen-bond acceptors (Lipinski definition) is 4. The number of ether oxygens (including phenoxy) is 1. The zero-order chi connectivity index (χ0) is 14.3. The van der Waals surface area contributed by atoms with E-state index in [9.17, 15) is 9.59 Å². The number of carbonyl (C=O) groups excluding carboxylic acids is 2. The van der Waals surface area contributed by atoms with Crippen molar-refractivity contribution in [3.63, 3.8) is 0 Å². The Labute approximate surface area is 125 Å². The van der Waals surface area contributed by atoms with E-state index >= 15 is 0 Å². The van der Waals surface area contributed by atoms with Gasteiger partial charge >= 0.3 is 5.97 Å². The lowest BCUT2D eigenvalue weighted by atomic mass is 10.2. The Morgan fingerprint density at radius 3 is 2.40 bits per heavy atom. The lowest BCUT2D eigenvalue weighted by Gasteiger charge is -2.23.